The zero-order chi connectivity index (χ0) is 8.10. The van der Waals surface area contributed by atoms with Gasteiger partial charge in [-0.05, 0) is 23.9 Å². The largest absolute Gasteiger partial charge is 0.288 e. The Morgan fingerprint density at radius 3 is 3.09 bits per heavy atom. The van der Waals surface area contributed by atoms with Gasteiger partial charge in [-0.1, -0.05) is 19.1 Å². The van der Waals surface area contributed by atoms with Crippen molar-refractivity contribution >= 4 is 17.1 Å². The second kappa shape index (κ2) is 4.09. The molecule has 0 aliphatic carbocycles. The van der Waals surface area contributed by atoms with E-state index in [1.807, 2.05) is 30.5 Å². The molecule has 0 spiro atoms. The zero-order valence-electron chi connectivity index (χ0n) is 6.41. The number of allylic oxidation sites excluding steroid dienone is 2. The molecule has 0 saturated heterocycles. The lowest BCUT2D eigenvalue weighted by Gasteiger charge is -1.85. The van der Waals surface area contributed by atoms with Gasteiger partial charge < -0.3 is 0 Å². The average molecular weight is 166 g/mol. The Labute approximate surface area is 70.4 Å². The van der Waals surface area contributed by atoms with Gasteiger partial charge in [0.15, 0.2) is 5.78 Å². The summed E-state index contributed by atoms with van der Waals surface area (Å²) in [6.07, 6.45) is 4.42. The van der Waals surface area contributed by atoms with Crippen LogP contribution in [0.15, 0.2) is 29.7 Å². The Balaban J connectivity index is 2.64. The van der Waals surface area contributed by atoms with Crippen molar-refractivity contribution in [2.24, 2.45) is 0 Å². The molecule has 0 aromatic carbocycles. The fourth-order valence-electron chi connectivity index (χ4n) is 0.726. The molecule has 0 N–H and O–H groups in total. The van der Waals surface area contributed by atoms with E-state index in [9.17, 15) is 4.79 Å². The first-order chi connectivity index (χ1) is 5.34. The molecular weight excluding hydrogens is 156 g/mol. The van der Waals surface area contributed by atoms with Crippen LogP contribution in [-0.2, 0) is 0 Å². The van der Waals surface area contributed by atoms with Crippen molar-refractivity contribution < 1.29 is 4.79 Å². The average Bonchev–Trinajstić information content (AvgIpc) is 2.52. The van der Waals surface area contributed by atoms with E-state index in [-0.39, 0.29) is 5.78 Å². The minimum atomic E-state index is 0.113. The summed E-state index contributed by atoms with van der Waals surface area (Å²) in [5.41, 5.74) is 0. The number of rotatable bonds is 3. The summed E-state index contributed by atoms with van der Waals surface area (Å²) in [6, 6.07) is 3.73. The zero-order valence-corrected chi connectivity index (χ0v) is 7.23. The van der Waals surface area contributed by atoms with Crippen molar-refractivity contribution in [3.05, 3.63) is 34.5 Å². The number of ketones is 1. The highest BCUT2D eigenvalue weighted by molar-refractivity contribution is 7.12. The lowest BCUT2D eigenvalue weighted by molar-refractivity contribution is 0.105. The van der Waals surface area contributed by atoms with Crippen LogP contribution in [0, 0.1) is 0 Å². The molecule has 2 heteroatoms. The molecule has 1 rings (SSSR count). The topological polar surface area (TPSA) is 17.1 Å². The number of thiophene rings is 1. The van der Waals surface area contributed by atoms with E-state index in [0.29, 0.717) is 0 Å². The van der Waals surface area contributed by atoms with Crippen LogP contribution in [0.5, 0.6) is 0 Å². The third kappa shape index (κ3) is 2.31. The summed E-state index contributed by atoms with van der Waals surface area (Å²) in [5.74, 6) is 0.113. The molecule has 0 amide bonds. The SMILES string of the molecule is CC/C=C/C(=O)c1cccs1. The molecule has 0 saturated carbocycles. The third-order valence-electron chi connectivity index (χ3n) is 1.27. The van der Waals surface area contributed by atoms with Crippen LogP contribution in [0.1, 0.15) is 23.0 Å². The predicted octanol–water partition coefficient (Wildman–Crippen LogP) is 2.90. The summed E-state index contributed by atoms with van der Waals surface area (Å²) in [7, 11) is 0. The van der Waals surface area contributed by atoms with Crippen molar-refractivity contribution in [1.29, 1.82) is 0 Å². The third-order valence-corrected chi connectivity index (χ3v) is 2.15. The van der Waals surface area contributed by atoms with Gasteiger partial charge >= 0.3 is 0 Å². The monoisotopic (exact) mass is 166 g/mol. The molecule has 1 aromatic rings. The van der Waals surface area contributed by atoms with Gasteiger partial charge in [0.1, 0.15) is 0 Å². The molecule has 1 nitrogen and oxygen atoms in total. The summed E-state index contributed by atoms with van der Waals surface area (Å²) >= 11 is 1.48. The van der Waals surface area contributed by atoms with Gasteiger partial charge in [-0.15, -0.1) is 11.3 Å². The molecule has 0 unspecified atom stereocenters. The van der Waals surface area contributed by atoms with Crippen molar-refractivity contribution in [1.82, 2.24) is 0 Å². The second-order valence-corrected chi connectivity index (χ2v) is 3.10. The summed E-state index contributed by atoms with van der Waals surface area (Å²) in [4.78, 5) is 12.0. The van der Waals surface area contributed by atoms with Crippen molar-refractivity contribution in [3.63, 3.8) is 0 Å². The van der Waals surface area contributed by atoms with Crippen molar-refractivity contribution in [2.45, 2.75) is 13.3 Å². The minimum absolute atomic E-state index is 0.113. The Kier molecular flexibility index (Phi) is 3.05. The smallest absolute Gasteiger partial charge is 0.195 e. The molecule has 0 aliphatic heterocycles. The standard InChI is InChI=1S/C9H10OS/c1-2-3-5-8(10)9-6-4-7-11-9/h3-7H,2H2,1H3/b5-3+. The molecule has 0 bridgehead atoms. The molecule has 58 valence electrons. The highest BCUT2D eigenvalue weighted by atomic mass is 32.1. The lowest BCUT2D eigenvalue weighted by atomic mass is 10.3. The van der Waals surface area contributed by atoms with Crippen LogP contribution < -0.4 is 0 Å². The second-order valence-electron chi connectivity index (χ2n) is 2.15. The maximum Gasteiger partial charge on any atom is 0.195 e. The quantitative estimate of drug-likeness (QED) is 0.498. The van der Waals surface area contributed by atoms with E-state index >= 15 is 0 Å². The van der Waals surface area contributed by atoms with Gasteiger partial charge in [-0.3, -0.25) is 4.79 Å². The first kappa shape index (κ1) is 8.21. The fourth-order valence-corrected chi connectivity index (χ4v) is 1.37. The van der Waals surface area contributed by atoms with E-state index in [1.54, 1.807) is 6.08 Å². The Morgan fingerprint density at radius 1 is 1.73 bits per heavy atom. The maximum atomic E-state index is 11.2. The van der Waals surface area contributed by atoms with Gasteiger partial charge in [-0.25, -0.2) is 0 Å². The molecule has 1 aromatic heterocycles. The molecule has 1 heterocycles. The van der Waals surface area contributed by atoms with Gasteiger partial charge in [0.05, 0.1) is 4.88 Å². The van der Waals surface area contributed by atoms with E-state index in [2.05, 4.69) is 0 Å². The first-order valence-corrected chi connectivity index (χ1v) is 4.47. The van der Waals surface area contributed by atoms with Gasteiger partial charge in [0.25, 0.3) is 0 Å². The Bertz CT molecular complexity index is 247. The van der Waals surface area contributed by atoms with E-state index in [0.717, 1.165) is 11.3 Å². The van der Waals surface area contributed by atoms with E-state index in [4.69, 9.17) is 0 Å². The fraction of sp³-hybridized carbons (Fsp3) is 0.222. The van der Waals surface area contributed by atoms with Gasteiger partial charge in [-0.2, -0.15) is 0 Å². The molecule has 0 atom stereocenters. The molecular formula is C9H10OS. The molecule has 0 radical (unpaired) electrons. The highest BCUT2D eigenvalue weighted by Gasteiger charge is 1.99. The molecule has 0 fully saturated rings. The normalized spacial score (nSPS) is 10.6. The lowest BCUT2D eigenvalue weighted by Crippen LogP contribution is -1.87. The number of carbonyl (C=O) groups is 1. The minimum Gasteiger partial charge on any atom is -0.288 e. The van der Waals surface area contributed by atoms with Gasteiger partial charge in [0.2, 0.25) is 0 Å². The van der Waals surface area contributed by atoms with Crippen molar-refractivity contribution in [2.75, 3.05) is 0 Å². The summed E-state index contributed by atoms with van der Waals surface area (Å²) < 4.78 is 0. The van der Waals surface area contributed by atoms with Crippen LogP contribution in [0.4, 0.5) is 0 Å². The van der Waals surface area contributed by atoms with Crippen LogP contribution >= 0.6 is 11.3 Å². The van der Waals surface area contributed by atoms with E-state index in [1.165, 1.54) is 11.3 Å². The maximum absolute atomic E-state index is 11.2. The number of hydrogen-bond acceptors (Lipinski definition) is 2. The Hall–Kier alpha value is -0.890. The van der Waals surface area contributed by atoms with Crippen LogP contribution in [0.3, 0.4) is 0 Å². The number of carbonyl (C=O) groups excluding carboxylic acids is 1. The summed E-state index contributed by atoms with van der Waals surface area (Å²) in [6.45, 7) is 2.01. The highest BCUT2D eigenvalue weighted by Crippen LogP contribution is 2.09. The number of hydrogen-bond donors (Lipinski definition) is 0. The molecule has 11 heavy (non-hydrogen) atoms. The van der Waals surface area contributed by atoms with E-state index < -0.39 is 0 Å². The Morgan fingerprint density at radius 2 is 2.55 bits per heavy atom. The summed E-state index contributed by atoms with van der Waals surface area (Å²) in [5, 5.41) is 1.91. The van der Waals surface area contributed by atoms with Crippen LogP contribution in [-0.4, -0.2) is 5.78 Å². The first-order valence-electron chi connectivity index (χ1n) is 3.59. The predicted molar refractivity (Wildman–Crippen MR) is 48.1 cm³/mol. The van der Waals surface area contributed by atoms with Crippen LogP contribution in [0.25, 0.3) is 0 Å². The van der Waals surface area contributed by atoms with Crippen LogP contribution in [0.2, 0.25) is 0 Å². The van der Waals surface area contributed by atoms with Gasteiger partial charge in [0, 0.05) is 0 Å². The molecule has 0 aliphatic rings. The van der Waals surface area contributed by atoms with Crippen molar-refractivity contribution in [3.8, 4) is 0 Å².